The maximum Gasteiger partial charge on any atom is 0.305 e. The molecule has 1 aliphatic rings. The summed E-state index contributed by atoms with van der Waals surface area (Å²) in [7, 11) is 0. The molecule has 2 amide bonds. The van der Waals surface area contributed by atoms with E-state index in [2.05, 4.69) is 10.3 Å². The molecule has 106 valence electrons. The smallest absolute Gasteiger partial charge is 0.305 e. The average Bonchev–Trinajstić information content (AvgIpc) is 2.40. The van der Waals surface area contributed by atoms with Crippen LogP contribution < -0.4 is 5.32 Å². The molecule has 0 spiro atoms. The van der Waals surface area contributed by atoms with E-state index in [0.29, 0.717) is 0 Å². The third-order valence-electron chi connectivity index (χ3n) is 2.91. The SMILES string of the molecule is O=C(O)CC1C(=O)NCCN1C(=O)c1cncc(F)c1. The molecule has 0 bridgehead atoms. The van der Waals surface area contributed by atoms with Gasteiger partial charge in [0.25, 0.3) is 5.91 Å². The van der Waals surface area contributed by atoms with Crippen LogP contribution in [0.5, 0.6) is 0 Å². The first-order valence-corrected chi connectivity index (χ1v) is 5.90. The number of carboxylic acid groups (broad SMARTS) is 1. The highest BCUT2D eigenvalue weighted by molar-refractivity contribution is 5.99. The second-order valence-corrected chi connectivity index (χ2v) is 4.30. The van der Waals surface area contributed by atoms with Gasteiger partial charge < -0.3 is 15.3 Å². The predicted molar refractivity (Wildman–Crippen MR) is 64.3 cm³/mol. The van der Waals surface area contributed by atoms with Crippen LogP contribution in [-0.2, 0) is 9.59 Å². The number of aliphatic carboxylic acids is 1. The Balaban J connectivity index is 2.25. The van der Waals surface area contributed by atoms with Gasteiger partial charge in [0.05, 0.1) is 18.2 Å². The number of rotatable bonds is 3. The highest BCUT2D eigenvalue weighted by Gasteiger charge is 2.35. The summed E-state index contributed by atoms with van der Waals surface area (Å²) in [4.78, 5) is 39.4. The molecule has 1 atom stereocenters. The zero-order valence-corrected chi connectivity index (χ0v) is 10.4. The first kappa shape index (κ1) is 13.9. The number of hydrogen-bond acceptors (Lipinski definition) is 4. The summed E-state index contributed by atoms with van der Waals surface area (Å²) in [5.74, 6) is -3.01. The number of carbonyl (C=O) groups excluding carboxylic acids is 2. The van der Waals surface area contributed by atoms with Crippen molar-refractivity contribution in [2.75, 3.05) is 13.1 Å². The molecule has 0 radical (unpaired) electrons. The highest BCUT2D eigenvalue weighted by Crippen LogP contribution is 2.14. The minimum Gasteiger partial charge on any atom is -0.481 e. The first-order valence-electron chi connectivity index (χ1n) is 5.90. The third-order valence-corrected chi connectivity index (χ3v) is 2.91. The molecule has 8 heteroatoms. The summed E-state index contributed by atoms with van der Waals surface area (Å²) in [6, 6.07) is -0.100. The lowest BCUT2D eigenvalue weighted by atomic mass is 10.1. The van der Waals surface area contributed by atoms with Crippen LogP contribution in [0.15, 0.2) is 18.5 Å². The van der Waals surface area contributed by atoms with E-state index >= 15 is 0 Å². The van der Waals surface area contributed by atoms with Gasteiger partial charge in [-0.15, -0.1) is 0 Å². The van der Waals surface area contributed by atoms with Gasteiger partial charge in [0.15, 0.2) is 0 Å². The van der Waals surface area contributed by atoms with Crippen molar-refractivity contribution in [2.24, 2.45) is 0 Å². The summed E-state index contributed by atoms with van der Waals surface area (Å²) >= 11 is 0. The minimum atomic E-state index is -1.19. The lowest BCUT2D eigenvalue weighted by Crippen LogP contribution is -2.57. The van der Waals surface area contributed by atoms with Crippen molar-refractivity contribution in [1.82, 2.24) is 15.2 Å². The van der Waals surface area contributed by atoms with Gasteiger partial charge in [-0.05, 0) is 6.07 Å². The Morgan fingerprint density at radius 2 is 2.25 bits per heavy atom. The Morgan fingerprint density at radius 3 is 2.90 bits per heavy atom. The molecule has 0 saturated carbocycles. The van der Waals surface area contributed by atoms with Crippen LogP contribution in [0.4, 0.5) is 4.39 Å². The number of pyridine rings is 1. The fourth-order valence-electron chi connectivity index (χ4n) is 2.02. The first-order chi connectivity index (χ1) is 9.49. The Morgan fingerprint density at radius 1 is 1.50 bits per heavy atom. The van der Waals surface area contributed by atoms with E-state index in [1.165, 1.54) is 6.20 Å². The van der Waals surface area contributed by atoms with Gasteiger partial charge in [0.1, 0.15) is 11.9 Å². The van der Waals surface area contributed by atoms with E-state index in [4.69, 9.17) is 5.11 Å². The van der Waals surface area contributed by atoms with Crippen molar-refractivity contribution >= 4 is 17.8 Å². The molecule has 0 aromatic carbocycles. The minimum absolute atomic E-state index is 0.0184. The maximum absolute atomic E-state index is 13.1. The van der Waals surface area contributed by atoms with Gasteiger partial charge in [-0.1, -0.05) is 0 Å². The van der Waals surface area contributed by atoms with Crippen LogP contribution in [0.25, 0.3) is 0 Å². The third kappa shape index (κ3) is 2.90. The lowest BCUT2D eigenvalue weighted by Gasteiger charge is -2.34. The topological polar surface area (TPSA) is 99.6 Å². The quantitative estimate of drug-likeness (QED) is 0.788. The van der Waals surface area contributed by atoms with E-state index in [1.807, 2.05) is 0 Å². The van der Waals surface area contributed by atoms with E-state index in [0.717, 1.165) is 17.2 Å². The van der Waals surface area contributed by atoms with Gasteiger partial charge >= 0.3 is 5.97 Å². The summed E-state index contributed by atoms with van der Waals surface area (Å²) in [5, 5.41) is 11.3. The van der Waals surface area contributed by atoms with Gasteiger partial charge in [0.2, 0.25) is 5.91 Å². The lowest BCUT2D eigenvalue weighted by molar-refractivity contribution is -0.142. The van der Waals surface area contributed by atoms with E-state index < -0.39 is 36.1 Å². The molecule has 1 aliphatic heterocycles. The molecule has 1 aromatic heterocycles. The van der Waals surface area contributed by atoms with Crippen molar-refractivity contribution in [3.8, 4) is 0 Å². The molecule has 1 unspecified atom stereocenters. The van der Waals surface area contributed by atoms with E-state index in [-0.39, 0.29) is 18.7 Å². The maximum atomic E-state index is 13.1. The van der Waals surface area contributed by atoms with Crippen molar-refractivity contribution < 1.29 is 23.9 Å². The Bertz CT molecular complexity index is 563. The van der Waals surface area contributed by atoms with E-state index in [9.17, 15) is 18.8 Å². The number of piperazine rings is 1. The zero-order chi connectivity index (χ0) is 14.7. The number of nitrogens with zero attached hydrogens (tertiary/aromatic N) is 2. The molecule has 2 N–H and O–H groups in total. The molecule has 0 aliphatic carbocycles. The number of carboxylic acids is 1. The summed E-state index contributed by atoms with van der Waals surface area (Å²) in [6.45, 7) is 0.391. The molecule has 2 rings (SSSR count). The second kappa shape index (κ2) is 5.64. The average molecular weight is 281 g/mol. The number of halogens is 1. The molecule has 20 heavy (non-hydrogen) atoms. The number of carbonyl (C=O) groups is 3. The molecular weight excluding hydrogens is 269 g/mol. The fourth-order valence-corrected chi connectivity index (χ4v) is 2.02. The zero-order valence-electron chi connectivity index (χ0n) is 10.4. The number of aromatic nitrogens is 1. The molecule has 2 heterocycles. The van der Waals surface area contributed by atoms with Crippen molar-refractivity contribution in [2.45, 2.75) is 12.5 Å². The molecule has 1 fully saturated rings. The second-order valence-electron chi connectivity index (χ2n) is 4.30. The largest absolute Gasteiger partial charge is 0.481 e. The Kier molecular flexibility index (Phi) is 3.92. The van der Waals surface area contributed by atoms with Crippen molar-refractivity contribution in [3.05, 3.63) is 29.8 Å². The monoisotopic (exact) mass is 281 g/mol. The van der Waals surface area contributed by atoms with Crippen molar-refractivity contribution in [3.63, 3.8) is 0 Å². The Labute approximate surface area is 113 Å². The van der Waals surface area contributed by atoms with Gasteiger partial charge in [-0.25, -0.2) is 4.39 Å². The molecule has 1 saturated heterocycles. The highest BCUT2D eigenvalue weighted by atomic mass is 19.1. The summed E-state index contributed by atoms with van der Waals surface area (Å²) < 4.78 is 13.1. The van der Waals surface area contributed by atoms with Crippen LogP contribution in [0.2, 0.25) is 0 Å². The molecule has 7 nitrogen and oxygen atoms in total. The number of amides is 2. The van der Waals surface area contributed by atoms with Crippen molar-refractivity contribution in [1.29, 1.82) is 0 Å². The number of nitrogens with one attached hydrogen (secondary N) is 1. The van der Waals surface area contributed by atoms with Gasteiger partial charge in [0, 0.05) is 19.3 Å². The predicted octanol–water partition coefficient (Wildman–Crippen LogP) is -0.364. The Hall–Kier alpha value is -2.51. The summed E-state index contributed by atoms with van der Waals surface area (Å²) in [6.07, 6.45) is 1.63. The fraction of sp³-hybridized carbons (Fsp3) is 0.333. The van der Waals surface area contributed by atoms with E-state index in [1.54, 1.807) is 0 Å². The normalized spacial score (nSPS) is 18.6. The standard InChI is InChI=1S/C12H12FN3O4/c13-8-3-7(5-14-6-8)12(20)16-2-1-15-11(19)9(16)4-10(17)18/h3,5-6,9H,1-2,4H2,(H,15,19)(H,17,18). The summed E-state index contributed by atoms with van der Waals surface area (Å²) in [5.41, 5.74) is -0.0184. The van der Waals surface area contributed by atoms with Crippen LogP contribution in [-0.4, -0.2) is 51.9 Å². The van der Waals surface area contributed by atoms with Gasteiger partial charge in [-0.2, -0.15) is 0 Å². The van der Waals surface area contributed by atoms with Crippen LogP contribution >= 0.6 is 0 Å². The van der Waals surface area contributed by atoms with Crippen LogP contribution in [0.3, 0.4) is 0 Å². The van der Waals surface area contributed by atoms with Crippen LogP contribution in [0, 0.1) is 5.82 Å². The van der Waals surface area contributed by atoms with Crippen LogP contribution in [0.1, 0.15) is 16.8 Å². The molecule has 1 aromatic rings. The molecular formula is C12H12FN3O4. The van der Waals surface area contributed by atoms with Gasteiger partial charge in [-0.3, -0.25) is 19.4 Å². The number of hydrogen-bond donors (Lipinski definition) is 2.